The maximum Gasteiger partial charge on any atom is 0.167 e. The van der Waals surface area contributed by atoms with E-state index >= 15 is 0 Å². The highest BCUT2D eigenvalue weighted by Gasteiger charge is 2.14. The van der Waals surface area contributed by atoms with Crippen molar-refractivity contribution in [2.75, 3.05) is 0 Å². The van der Waals surface area contributed by atoms with Crippen LogP contribution in [-0.4, -0.2) is 13.5 Å². The molecule has 0 aromatic rings. The van der Waals surface area contributed by atoms with E-state index < -0.39 is 0 Å². The number of hydrogen-bond acceptors (Lipinski definition) is 1. The first-order valence-corrected chi connectivity index (χ1v) is 4.65. The lowest BCUT2D eigenvalue weighted by Crippen LogP contribution is -2.09. The van der Waals surface area contributed by atoms with Crippen molar-refractivity contribution in [3.8, 4) is 0 Å². The molecule has 1 aliphatic rings. The molecule has 64 valence electrons. The average molecular weight is 162 g/mol. The minimum atomic E-state index is -0.173. The van der Waals surface area contributed by atoms with Crippen LogP contribution < -0.4 is 0 Å². The Hall–Kier alpha value is -0.525. The lowest BCUT2D eigenvalue weighted by Gasteiger charge is -2.21. The molecule has 1 nitrogen and oxygen atoms in total. The molecule has 2 radical (unpaired) electrons. The normalized spacial score (nSPS) is 23.4. The Bertz CT molecular complexity index is 196. The van der Waals surface area contributed by atoms with Crippen molar-refractivity contribution in [2.24, 2.45) is 5.92 Å². The van der Waals surface area contributed by atoms with Crippen LogP contribution in [0.1, 0.15) is 39.0 Å². The molecular weight excluding hydrogens is 147 g/mol. The van der Waals surface area contributed by atoms with Gasteiger partial charge in [0.05, 0.1) is 5.68 Å². The molecule has 0 aromatic carbocycles. The highest BCUT2D eigenvalue weighted by molar-refractivity contribution is 6.57. The molecule has 0 amide bonds. The summed E-state index contributed by atoms with van der Waals surface area (Å²) >= 11 is 0. The summed E-state index contributed by atoms with van der Waals surface area (Å²) < 4.78 is 0. The summed E-state index contributed by atoms with van der Waals surface area (Å²) in [6, 6.07) is 0. The van der Waals surface area contributed by atoms with Crippen molar-refractivity contribution in [3.05, 3.63) is 11.6 Å². The topological polar surface area (TPSA) is 17.1 Å². The SMILES string of the molecule is [B]C(=O)CCC1CCCC=C1C. The van der Waals surface area contributed by atoms with Crippen LogP contribution in [0.5, 0.6) is 0 Å². The average Bonchev–Trinajstić information content (AvgIpc) is 2.03. The molecule has 0 saturated heterocycles. The zero-order chi connectivity index (χ0) is 8.97. The molecule has 12 heavy (non-hydrogen) atoms. The molecule has 1 atom stereocenters. The maximum atomic E-state index is 10.6. The van der Waals surface area contributed by atoms with E-state index in [-0.39, 0.29) is 5.68 Å². The second-order valence-corrected chi connectivity index (χ2v) is 3.58. The van der Waals surface area contributed by atoms with Gasteiger partial charge in [0.1, 0.15) is 0 Å². The van der Waals surface area contributed by atoms with E-state index in [4.69, 9.17) is 7.85 Å². The third-order valence-electron chi connectivity index (χ3n) is 2.61. The molecule has 0 fully saturated rings. The number of hydrogen-bond donors (Lipinski definition) is 0. The molecule has 0 bridgehead atoms. The van der Waals surface area contributed by atoms with Crippen LogP contribution in [-0.2, 0) is 4.79 Å². The molecule has 1 aliphatic carbocycles. The molecule has 0 aromatic heterocycles. The molecule has 0 aliphatic heterocycles. The third kappa shape index (κ3) is 2.84. The van der Waals surface area contributed by atoms with Gasteiger partial charge in [-0.05, 0) is 44.9 Å². The van der Waals surface area contributed by atoms with Gasteiger partial charge in [-0.2, -0.15) is 0 Å². The van der Waals surface area contributed by atoms with Crippen LogP contribution in [0, 0.1) is 5.92 Å². The largest absolute Gasteiger partial charge is 0.313 e. The van der Waals surface area contributed by atoms with Crippen molar-refractivity contribution < 1.29 is 4.79 Å². The van der Waals surface area contributed by atoms with E-state index in [2.05, 4.69) is 13.0 Å². The monoisotopic (exact) mass is 162 g/mol. The quantitative estimate of drug-likeness (QED) is 0.459. The second kappa shape index (κ2) is 4.49. The maximum absolute atomic E-state index is 10.6. The molecule has 2 heteroatoms. The van der Waals surface area contributed by atoms with Crippen molar-refractivity contribution in [1.82, 2.24) is 0 Å². The van der Waals surface area contributed by atoms with Crippen LogP contribution in [0.4, 0.5) is 0 Å². The van der Waals surface area contributed by atoms with Crippen molar-refractivity contribution >= 4 is 13.5 Å². The van der Waals surface area contributed by atoms with Crippen molar-refractivity contribution in [1.29, 1.82) is 0 Å². The number of allylic oxidation sites excluding steroid dienone is 2. The van der Waals surface area contributed by atoms with Gasteiger partial charge in [0.2, 0.25) is 0 Å². The summed E-state index contributed by atoms with van der Waals surface area (Å²) in [5.74, 6) is 0.617. The van der Waals surface area contributed by atoms with Gasteiger partial charge in [-0.3, -0.25) is 0 Å². The summed E-state index contributed by atoms with van der Waals surface area (Å²) in [4.78, 5) is 10.6. The van der Waals surface area contributed by atoms with Crippen LogP contribution >= 0.6 is 0 Å². The molecule has 0 N–H and O–H groups in total. The highest BCUT2D eigenvalue weighted by Crippen LogP contribution is 2.27. The van der Waals surface area contributed by atoms with Gasteiger partial charge >= 0.3 is 0 Å². The predicted molar refractivity (Wildman–Crippen MR) is 51.1 cm³/mol. The molecule has 1 unspecified atom stereocenters. The summed E-state index contributed by atoms with van der Waals surface area (Å²) in [5, 5.41) is 0. The lowest BCUT2D eigenvalue weighted by atomic mass is 9.83. The smallest absolute Gasteiger partial charge is 0.167 e. The minimum Gasteiger partial charge on any atom is -0.313 e. The molecule has 0 heterocycles. The molecule has 0 spiro atoms. The van der Waals surface area contributed by atoms with Crippen LogP contribution in [0.15, 0.2) is 11.6 Å². The van der Waals surface area contributed by atoms with Gasteiger partial charge in [0.25, 0.3) is 0 Å². The Morgan fingerprint density at radius 1 is 1.75 bits per heavy atom. The van der Waals surface area contributed by atoms with E-state index in [1.54, 1.807) is 0 Å². The lowest BCUT2D eigenvalue weighted by molar-refractivity contribution is -0.112. The number of rotatable bonds is 3. The zero-order valence-electron chi connectivity index (χ0n) is 7.68. The van der Waals surface area contributed by atoms with Crippen molar-refractivity contribution in [3.63, 3.8) is 0 Å². The van der Waals surface area contributed by atoms with E-state index in [0.29, 0.717) is 12.3 Å². The Balaban J connectivity index is 2.35. The van der Waals surface area contributed by atoms with Crippen LogP contribution in [0.25, 0.3) is 0 Å². The van der Waals surface area contributed by atoms with Crippen LogP contribution in [0.2, 0.25) is 0 Å². The summed E-state index contributed by atoms with van der Waals surface area (Å²) in [6.07, 6.45) is 7.47. The van der Waals surface area contributed by atoms with Gasteiger partial charge in [0, 0.05) is 0 Å². The van der Waals surface area contributed by atoms with Crippen LogP contribution in [0.3, 0.4) is 0 Å². The van der Waals surface area contributed by atoms with E-state index in [1.807, 2.05) is 0 Å². The zero-order valence-corrected chi connectivity index (χ0v) is 7.68. The molecule has 0 saturated carbocycles. The predicted octanol–water partition coefficient (Wildman–Crippen LogP) is 2.21. The first kappa shape index (κ1) is 9.56. The number of carbonyl (C=O) groups excluding carboxylic acids is 1. The van der Waals surface area contributed by atoms with E-state index in [0.717, 1.165) is 6.42 Å². The van der Waals surface area contributed by atoms with Gasteiger partial charge in [0.15, 0.2) is 7.85 Å². The second-order valence-electron chi connectivity index (χ2n) is 3.58. The van der Waals surface area contributed by atoms with Crippen molar-refractivity contribution in [2.45, 2.75) is 39.0 Å². The Labute approximate surface area is 75.6 Å². The molecule has 1 rings (SSSR count). The summed E-state index contributed by atoms with van der Waals surface area (Å²) in [6.45, 7) is 2.16. The first-order chi connectivity index (χ1) is 5.70. The van der Waals surface area contributed by atoms with Gasteiger partial charge < -0.3 is 4.79 Å². The Morgan fingerprint density at radius 3 is 3.08 bits per heavy atom. The van der Waals surface area contributed by atoms with Gasteiger partial charge in [-0.25, -0.2) is 0 Å². The van der Waals surface area contributed by atoms with Gasteiger partial charge in [-0.15, -0.1) is 0 Å². The van der Waals surface area contributed by atoms with E-state index in [9.17, 15) is 4.79 Å². The Kier molecular flexibility index (Phi) is 3.58. The fourth-order valence-electron chi connectivity index (χ4n) is 1.78. The van der Waals surface area contributed by atoms with E-state index in [1.165, 1.54) is 24.8 Å². The standard InChI is InChI=1S/C10H15BO/c1-8-4-2-3-5-9(8)6-7-10(11)12/h4,9H,2-3,5-7H2,1H3. The number of carbonyl (C=O) groups is 1. The molecular formula is C10H15BO. The fraction of sp³-hybridized carbons (Fsp3) is 0.700. The minimum absolute atomic E-state index is 0.173. The van der Waals surface area contributed by atoms with Gasteiger partial charge in [-0.1, -0.05) is 11.6 Å². The summed E-state index contributed by atoms with van der Waals surface area (Å²) in [5.41, 5.74) is 1.27. The Morgan fingerprint density at radius 2 is 2.50 bits per heavy atom. The summed E-state index contributed by atoms with van der Waals surface area (Å²) in [7, 11) is 5.10. The fourth-order valence-corrected chi connectivity index (χ4v) is 1.78. The third-order valence-corrected chi connectivity index (χ3v) is 2.61. The first-order valence-electron chi connectivity index (χ1n) is 4.65. The highest BCUT2D eigenvalue weighted by atomic mass is 16.1.